The molecule has 198 valence electrons. The number of pyridine rings is 1. The van der Waals surface area contributed by atoms with Crippen molar-refractivity contribution in [3.05, 3.63) is 77.7 Å². The second-order valence-corrected chi connectivity index (χ2v) is 12.4. The van der Waals surface area contributed by atoms with E-state index in [0.717, 1.165) is 36.0 Å². The molecular weight excluding hydrogens is 458 g/mol. The van der Waals surface area contributed by atoms with E-state index in [-0.39, 0.29) is 17.1 Å². The minimum Gasteiger partial charge on any atom is -0.393 e. The van der Waals surface area contributed by atoms with E-state index >= 15 is 0 Å². The van der Waals surface area contributed by atoms with Crippen molar-refractivity contribution in [2.24, 2.45) is 35.0 Å². The number of aliphatic hydroxyl groups is 2. The normalized spacial score (nSPS) is 36.2. The van der Waals surface area contributed by atoms with Crippen LogP contribution in [0.15, 0.2) is 72.1 Å². The lowest BCUT2D eigenvalue weighted by molar-refractivity contribution is 0.0861. The van der Waals surface area contributed by atoms with Gasteiger partial charge in [0.15, 0.2) is 5.78 Å². The number of allylic oxidation sites excluding steroid dienone is 5. The summed E-state index contributed by atoms with van der Waals surface area (Å²) in [5.74, 6) is 2.32. The number of fused-ring (bicyclic) bond motifs is 1. The fourth-order valence-corrected chi connectivity index (χ4v) is 7.66. The van der Waals surface area contributed by atoms with Gasteiger partial charge in [0.05, 0.1) is 12.2 Å². The number of carbonyl (C=O) groups is 1. The summed E-state index contributed by atoms with van der Waals surface area (Å²) in [6.45, 7) is 8.92. The maximum atomic E-state index is 13.2. The number of Topliss-reactive ketones (excluding diaryl/α,β-unsaturated/α-hetero) is 1. The van der Waals surface area contributed by atoms with Crippen LogP contribution in [0.2, 0.25) is 0 Å². The van der Waals surface area contributed by atoms with Gasteiger partial charge in [-0.15, -0.1) is 0 Å². The van der Waals surface area contributed by atoms with Gasteiger partial charge in [0.25, 0.3) is 0 Å². The van der Waals surface area contributed by atoms with Crippen LogP contribution >= 0.6 is 0 Å². The summed E-state index contributed by atoms with van der Waals surface area (Å²) in [7, 11) is 0. The zero-order chi connectivity index (χ0) is 26.2. The topological polar surface area (TPSA) is 70.4 Å². The molecule has 1 aromatic rings. The molecule has 0 aromatic carbocycles. The van der Waals surface area contributed by atoms with E-state index in [9.17, 15) is 15.0 Å². The Labute approximate surface area is 222 Å². The number of carbonyl (C=O) groups excluding carboxylic acids is 1. The van der Waals surface area contributed by atoms with Gasteiger partial charge in [0.1, 0.15) is 0 Å². The number of aliphatic hydroxyl groups excluding tert-OH is 2. The Kier molecular flexibility index (Phi) is 7.70. The third-order valence-corrected chi connectivity index (χ3v) is 9.96. The number of hydrogen-bond donors (Lipinski definition) is 2. The van der Waals surface area contributed by atoms with Crippen LogP contribution in [0.1, 0.15) is 82.0 Å². The van der Waals surface area contributed by atoms with E-state index in [4.69, 9.17) is 0 Å². The lowest BCUT2D eigenvalue weighted by Crippen LogP contribution is -2.35. The molecule has 7 atom stereocenters. The first kappa shape index (κ1) is 26.3. The molecule has 4 fully saturated rings. The van der Waals surface area contributed by atoms with Crippen molar-refractivity contribution >= 4 is 5.78 Å². The average Bonchev–Trinajstić information content (AvgIpc) is 3.66. The molecule has 0 aliphatic heterocycles. The minimum atomic E-state index is -0.640. The summed E-state index contributed by atoms with van der Waals surface area (Å²) < 4.78 is 0. The van der Waals surface area contributed by atoms with Crippen LogP contribution in [-0.4, -0.2) is 33.2 Å². The Balaban J connectivity index is 1.30. The quantitative estimate of drug-likeness (QED) is 0.325. The van der Waals surface area contributed by atoms with E-state index in [1.165, 1.54) is 31.3 Å². The standard InChI is InChI=1S/C33H43NO3/c1-21(6-11-28(23-7-8-23)32(37)25-14-17-34-18-15-25)29-12-13-30-24(5-4-16-33(29,30)3)9-10-26-19-27(35)20-31(36)22(26)2/h6,9-11,14-15,17-18,21,23,27-31,35-36H,2,4-5,7-8,12-13,16,19-20H2,1,3H3/b11-6+,24-9+,26-10-/t21-,27-,28+,29-,30+,31+,33-/m1/s1. The van der Waals surface area contributed by atoms with Gasteiger partial charge in [0, 0.05) is 30.3 Å². The molecule has 0 amide bonds. The molecule has 37 heavy (non-hydrogen) atoms. The highest BCUT2D eigenvalue weighted by Crippen LogP contribution is 2.59. The summed E-state index contributed by atoms with van der Waals surface area (Å²) in [5, 5.41) is 20.3. The molecule has 1 aromatic heterocycles. The number of rotatable bonds is 7. The Bertz CT molecular complexity index is 1100. The second kappa shape index (κ2) is 10.8. The highest BCUT2D eigenvalue weighted by molar-refractivity contribution is 5.99. The molecule has 4 heteroatoms. The number of hydrogen-bond acceptors (Lipinski definition) is 4. The molecule has 4 saturated carbocycles. The van der Waals surface area contributed by atoms with Gasteiger partial charge in [0.2, 0.25) is 0 Å². The average molecular weight is 502 g/mol. The largest absolute Gasteiger partial charge is 0.393 e. The van der Waals surface area contributed by atoms with Crippen LogP contribution in [0.25, 0.3) is 0 Å². The smallest absolute Gasteiger partial charge is 0.170 e. The van der Waals surface area contributed by atoms with Crippen molar-refractivity contribution in [2.45, 2.75) is 83.8 Å². The molecule has 0 radical (unpaired) electrons. The molecule has 2 N–H and O–H groups in total. The summed E-state index contributed by atoms with van der Waals surface area (Å²) in [6, 6.07) is 3.68. The maximum Gasteiger partial charge on any atom is 0.170 e. The zero-order valence-electron chi connectivity index (χ0n) is 22.5. The van der Waals surface area contributed by atoms with Crippen LogP contribution in [0, 0.1) is 35.0 Å². The SMILES string of the molecule is C=C1/C(=C\C=C2/CCC[C@]3(C)[C@@H]([C@H](C)/C=C/[C@H](C(=O)c4ccncc4)C4CC4)CC[C@@H]23)C[C@@H](O)C[C@@H]1O. The van der Waals surface area contributed by atoms with Gasteiger partial charge < -0.3 is 10.2 Å². The van der Waals surface area contributed by atoms with Crippen LogP contribution in [0.5, 0.6) is 0 Å². The lowest BCUT2D eigenvalue weighted by Gasteiger charge is -2.44. The van der Waals surface area contributed by atoms with E-state index in [1.807, 2.05) is 12.1 Å². The first-order valence-corrected chi connectivity index (χ1v) is 14.4. The first-order chi connectivity index (χ1) is 17.8. The molecule has 0 bridgehead atoms. The van der Waals surface area contributed by atoms with Crippen molar-refractivity contribution in [2.75, 3.05) is 0 Å². The van der Waals surface area contributed by atoms with Gasteiger partial charge in [-0.25, -0.2) is 0 Å². The Morgan fingerprint density at radius 1 is 1.14 bits per heavy atom. The molecule has 4 aliphatic rings. The van der Waals surface area contributed by atoms with Gasteiger partial charge in [-0.2, -0.15) is 0 Å². The molecular formula is C33H43NO3. The highest BCUT2D eigenvalue weighted by atomic mass is 16.3. The maximum absolute atomic E-state index is 13.2. The van der Waals surface area contributed by atoms with Gasteiger partial charge in [-0.05, 0) is 104 Å². The van der Waals surface area contributed by atoms with E-state index in [1.54, 1.807) is 12.4 Å². The Morgan fingerprint density at radius 2 is 1.89 bits per heavy atom. The van der Waals surface area contributed by atoms with Crippen LogP contribution in [-0.2, 0) is 0 Å². The number of aromatic nitrogens is 1. The van der Waals surface area contributed by atoms with Crippen LogP contribution < -0.4 is 0 Å². The van der Waals surface area contributed by atoms with Crippen molar-refractivity contribution in [1.29, 1.82) is 0 Å². The van der Waals surface area contributed by atoms with Crippen molar-refractivity contribution in [1.82, 2.24) is 4.98 Å². The number of ketones is 1. The van der Waals surface area contributed by atoms with Crippen LogP contribution in [0.3, 0.4) is 0 Å². The summed E-state index contributed by atoms with van der Waals surface area (Å²) in [4.78, 5) is 17.3. The molecule has 4 nitrogen and oxygen atoms in total. The van der Waals surface area contributed by atoms with Gasteiger partial charge >= 0.3 is 0 Å². The Hall–Kier alpha value is -2.30. The van der Waals surface area contributed by atoms with Crippen LogP contribution in [0.4, 0.5) is 0 Å². The summed E-state index contributed by atoms with van der Waals surface area (Å²) >= 11 is 0. The molecule has 0 saturated heterocycles. The third-order valence-electron chi connectivity index (χ3n) is 9.96. The predicted molar refractivity (Wildman–Crippen MR) is 148 cm³/mol. The number of nitrogens with zero attached hydrogens (tertiary/aromatic N) is 1. The fraction of sp³-hybridized carbons (Fsp3) is 0.576. The van der Waals surface area contributed by atoms with E-state index in [2.05, 4.69) is 49.7 Å². The third kappa shape index (κ3) is 5.47. The van der Waals surface area contributed by atoms with Crippen molar-refractivity contribution in [3.63, 3.8) is 0 Å². The second-order valence-electron chi connectivity index (χ2n) is 12.4. The molecule has 1 heterocycles. The first-order valence-electron chi connectivity index (χ1n) is 14.4. The molecule has 0 unspecified atom stereocenters. The van der Waals surface area contributed by atoms with Crippen molar-refractivity contribution in [3.8, 4) is 0 Å². The predicted octanol–water partition coefficient (Wildman–Crippen LogP) is 6.62. The van der Waals surface area contributed by atoms with E-state index in [0.29, 0.717) is 36.5 Å². The minimum absolute atomic E-state index is 0.0161. The fourth-order valence-electron chi connectivity index (χ4n) is 7.66. The van der Waals surface area contributed by atoms with Crippen molar-refractivity contribution < 1.29 is 15.0 Å². The monoisotopic (exact) mass is 501 g/mol. The zero-order valence-corrected chi connectivity index (χ0v) is 22.5. The molecule has 0 spiro atoms. The highest BCUT2D eigenvalue weighted by Gasteiger charge is 2.50. The van der Waals surface area contributed by atoms with Gasteiger partial charge in [-0.1, -0.05) is 50.3 Å². The Morgan fingerprint density at radius 3 is 2.62 bits per heavy atom. The molecule has 4 aliphatic carbocycles. The summed E-state index contributed by atoms with van der Waals surface area (Å²) in [5.41, 5.74) is 4.30. The van der Waals surface area contributed by atoms with E-state index < -0.39 is 12.2 Å². The van der Waals surface area contributed by atoms with Gasteiger partial charge in [-0.3, -0.25) is 9.78 Å². The summed E-state index contributed by atoms with van der Waals surface area (Å²) in [6.07, 6.45) is 20.5. The lowest BCUT2D eigenvalue weighted by atomic mass is 9.61. The molecule has 5 rings (SSSR count).